The van der Waals surface area contributed by atoms with E-state index >= 15 is 0 Å². The maximum Gasteiger partial charge on any atom is 0.269 e. The third-order valence-electron chi connectivity index (χ3n) is 6.54. The van der Waals surface area contributed by atoms with E-state index in [1.54, 1.807) is 12.1 Å². The lowest BCUT2D eigenvalue weighted by Gasteiger charge is -2.30. The number of piperidine rings is 1. The Balaban J connectivity index is 1.18. The fourth-order valence-electron chi connectivity index (χ4n) is 4.52. The number of sulfonamides is 1. The average Bonchev–Trinajstić information content (AvgIpc) is 3.34. The number of non-ortho nitro benzene ring substituents is 1. The van der Waals surface area contributed by atoms with E-state index in [1.807, 2.05) is 24.3 Å². The van der Waals surface area contributed by atoms with Crippen molar-refractivity contribution >= 4 is 38.3 Å². The summed E-state index contributed by atoms with van der Waals surface area (Å²) in [4.78, 5) is 30.8. The molecular weight excluding hydrogens is 494 g/mol. The van der Waals surface area contributed by atoms with E-state index in [-0.39, 0.29) is 28.8 Å². The van der Waals surface area contributed by atoms with Gasteiger partial charge in [0.1, 0.15) is 5.82 Å². The topological polar surface area (TPSA) is 138 Å². The molecule has 0 radical (unpaired) electrons. The third-order valence-corrected chi connectivity index (χ3v) is 8.45. The summed E-state index contributed by atoms with van der Waals surface area (Å²) in [5.74, 6) is 0.761. The second kappa shape index (κ2) is 10.1. The molecule has 2 heterocycles. The van der Waals surface area contributed by atoms with Gasteiger partial charge in [-0.3, -0.25) is 14.9 Å². The van der Waals surface area contributed by atoms with Crippen molar-refractivity contribution < 1.29 is 18.1 Å². The number of amides is 1. The van der Waals surface area contributed by atoms with Gasteiger partial charge in [-0.2, -0.15) is 4.31 Å². The molecule has 1 aromatic heterocycles. The van der Waals surface area contributed by atoms with E-state index in [9.17, 15) is 23.3 Å². The molecule has 4 aromatic rings. The van der Waals surface area contributed by atoms with E-state index in [0.717, 1.165) is 16.9 Å². The summed E-state index contributed by atoms with van der Waals surface area (Å²) in [6.07, 6.45) is 1.39. The Morgan fingerprint density at radius 3 is 2.35 bits per heavy atom. The smallest absolute Gasteiger partial charge is 0.269 e. The molecule has 0 spiro atoms. The predicted molar refractivity (Wildman–Crippen MR) is 139 cm³/mol. The second-order valence-corrected chi connectivity index (χ2v) is 10.9. The van der Waals surface area contributed by atoms with Gasteiger partial charge in [-0.1, -0.05) is 24.3 Å². The van der Waals surface area contributed by atoms with Gasteiger partial charge in [0.25, 0.3) is 5.69 Å². The lowest BCUT2D eigenvalue weighted by molar-refractivity contribution is -0.384. The van der Waals surface area contributed by atoms with Crippen LogP contribution in [0, 0.1) is 10.1 Å². The maximum atomic E-state index is 13.2. The van der Waals surface area contributed by atoms with Crippen LogP contribution < -0.4 is 5.32 Å². The lowest BCUT2D eigenvalue weighted by Crippen LogP contribution is -2.38. The Labute approximate surface area is 213 Å². The van der Waals surface area contributed by atoms with Gasteiger partial charge in [0.15, 0.2) is 0 Å². The number of carbonyl (C=O) groups excluding carboxylic acids is 1. The van der Waals surface area contributed by atoms with E-state index in [1.165, 1.54) is 40.7 Å². The first-order chi connectivity index (χ1) is 17.8. The van der Waals surface area contributed by atoms with Gasteiger partial charge in [-0.15, -0.1) is 0 Å². The minimum absolute atomic E-state index is 0.0399. The molecule has 3 aromatic carbocycles. The highest BCUT2D eigenvalue weighted by Gasteiger charge is 2.31. The number of fused-ring (bicyclic) bond motifs is 1. The number of benzene rings is 3. The zero-order chi connectivity index (χ0) is 26.0. The fourth-order valence-corrected chi connectivity index (χ4v) is 5.99. The van der Waals surface area contributed by atoms with Crippen LogP contribution in [0.15, 0.2) is 77.7 Å². The van der Waals surface area contributed by atoms with Crippen LogP contribution in [-0.2, 0) is 21.2 Å². The Bertz CT molecular complexity index is 1510. The molecule has 37 heavy (non-hydrogen) atoms. The molecule has 1 fully saturated rings. The molecule has 0 bridgehead atoms. The maximum absolute atomic E-state index is 13.2. The third kappa shape index (κ3) is 5.37. The number of carbonyl (C=O) groups is 1. The van der Waals surface area contributed by atoms with E-state index < -0.39 is 14.9 Å². The number of hydrogen-bond donors (Lipinski definition) is 2. The highest BCUT2D eigenvalue weighted by atomic mass is 32.2. The summed E-state index contributed by atoms with van der Waals surface area (Å²) < 4.78 is 27.9. The minimum Gasteiger partial charge on any atom is -0.342 e. The zero-order valence-electron chi connectivity index (χ0n) is 19.8. The summed E-state index contributed by atoms with van der Waals surface area (Å²) in [5.41, 5.74) is 2.95. The number of anilines is 1. The number of imidazole rings is 1. The van der Waals surface area contributed by atoms with Crippen LogP contribution in [0.5, 0.6) is 0 Å². The largest absolute Gasteiger partial charge is 0.342 e. The van der Waals surface area contributed by atoms with Crippen LogP contribution in [0.1, 0.15) is 30.1 Å². The summed E-state index contributed by atoms with van der Waals surface area (Å²) >= 11 is 0. The molecule has 5 rings (SSSR count). The molecule has 1 amide bonds. The number of nitro benzene ring substituents is 1. The number of H-pyrrole nitrogens is 1. The number of nitrogens with one attached hydrogen (secondary N) is 2. The van der Waals surface area contributed by atoms with Crippen molar-refractivity contribution in [3.05, 3.63) is 94.3 Å². The SMILES string of the molecule is O=C(Cc1ccc([N+](=O)[O-])cc1)Nc1ccc(S(=O)(=O)N2CCC(c3nc4ccccc4[nH]3)CC2)cc1. The van der Waals surface area contributed by atoms with Crippen LogP contribution >= 0.6 is 0 Å². The number of aromatic nitrogens is 2. The molecule has 0 saturated carbocycles. The van der Waals surface area contributed by atoms with Crippen molar-refractivity contribution in [3.63, 3.8) is 0 Å². The lowest BCUT2D eigenvalue weighted by atomic mass is 9.97. The van der Waals surface area contributed by atoms with Crippen molar-refractivity contribution in [2.75, 3.05) is 18.4 Å². The number of hydrogen-bond acceptors (Lipinski definition) is 6. The number of nitro groups is 1. The van der Waals surface area contributed by atoms with Crippen LogP contribution in [-0.4, -0.2) is 46.6 Å². The summed E-state index contributed by atoms with van der Waals surface area (Å²) in [5, 5.41) is 13.5. The van der Waals surface area contributed by atoms with E-state index in [0.29, 0.717) is 37.2 Å². The van der Waals surface area contributed by atoms with E-state index in [2.05, 4.69) is 15.3 Å². The van der Waals surface area contributed by atoms with Gasteiger partial charge in [0.2, 0.25) is 15.9 Å². The Kier molecular flexibility index (Phi) is 6.72. The molecule has 1 saturated heterocycles. The van der Waals surface area contributed by atoms with Crippen molar-refractivity contribution in [2.24, 2.45) is 0 Å². The molecular formula is C26H25N5O5S. The van der Waals surface area contributed by atoms with Gasteiger partial charge in [0, 0.05) is 36.8 Å². The van der Waals surface area contributed by atoms with E-state index in [4.69, 9.17) is 0 Å². The summed E-state index contributed by atoms with van der Waals surface area (Å²) in [7, 11) is -3.66. The molecule has 2 N–H and O–H groups in total. The van der Waals surface area contributed by atoms with Crippen LogP contribution in [0.2, 0.25) is 0 Å². The molecule has 11 heteroatoms. The highest BCUT2D eigenvalue weighted by Crippen LogP contribution is 2.30. The average molecular weight is 520 g/mol. The van der Waals surface area contributed by atoms with Gasteiger partial charge < -0.3 is 10.3 Å². The summed E-state index contributed by atoms with van der Waals surface area (Å²) in [6.45, 7) is 0.801. The van der Waals surface area contributed by atoms with Crippen LogP contribution in [0.3, 0.4) is 0 Å². The normalized spacial score (nSPS) is 15.0. The Hall–Kier alpha value is -4.09. The first kappa shape index (κ1) is 24.6. The van der Waals surface area contributed by atoms with Crippen LogP contribution in [0.25, 0.3) is 11.0 Å². The molecule has 0 atom stereocenters. The van der Waals surface area contributed by atoms with Gasteiger partial charge in [-0.25, -0.2) is 13.4 Å². The predicted octanol–water partition coefficient (Wildman–Crippen LogP) is 4.22. The standard InChI is InChI=1S/C26H25N5O5S/c32-25(17-18-5-9-21(10-6-18)31(33)34)27-20-7-11-22(12-8-20)37(35,36)30-15-13-19(14-16-30)26-28-23-3-1-2-4-24(23)29-26/h1-12,19H,13-17H2,(H,27,32)(H,28,29). The molecule has 190 valence electrons. The van der Waals surface area contributed by atoms with Crippen molar-refractivity contribution in [2.45, 2.75) is 30.1 Å². The monoisotopic (exact) mass is 519 g/mol. The van der Waals surface area contributed by atoms with Gasteiger partial charge in [0.05, 0.1) is 27.3 Å². The molecule has 10 nitrogen and oxygen atoms in total. The Morgan fingerprint density at radius 2 is 1.70 bits per heavy atom. The molecule has 0 unspecified atom stereocenters. The van der Waals surface area contributed by atoms with Crippen molar-refractivity contribution in [1.82, 2.24) is 14.3 Å². The van der Waals surface area contributed by atoms with Crippen molar-refractivity contribution in [3.8, 4) is 0 Å². The number of aromatic amines is 1. The molecule has 1 aliphatic heterocycles. The highest BCUT2D eigenvalue weighted by molar-refractivity contribution is 7.89. The fraction of sp³-hybridized carbons (Fsp3) is 0.231. The zero-order valence-corrected chi connectivity index (χ0v) is 20.6. The first-order valence-corrected chi connectivity index (χ1v) is 13.3. The minimum atomic E-state index is -3.66. The molecule has 0 aliphatic carbocycles. The number of para-hydroxylation sites is 2. The molecule has 1 aliphatic rings. The van der Waals surface area contributed by atoms with Crippen LogP contribution in [0.4, 0.5) is 11.4 Å². The Morgan fingerprint density at radius 1 is 1.03 bits per heavy atom. The first-order valence-electron chi connectivity index (χ1n) is 11.9. The number of nitrogens with zero attached hydrogens (tertiary/aromatic N) is 3. The summed E-state index contributed by atoms with van der Waals surface area (Å²) in [6, 6.07) is 19.7. The van der Waals surface area contributed by atoms with Crippen molar-refractivity contribution in [1.29, 1.82) is 0 Å². The quantitative estimate of drug-likeness (QED) is 0.277. The van der Waals surface area contributed by atoms with Gasteiger partial charge >= 0.3 is 0 Å². The second-order valence-electron chi connectivity index (χ2n) is 8.99. The number of rotatable bonds is 7. The van der Waals surface area contributed by atoms with Gasteiger partial charge in [-0.05, 0) is 54.8 Å².